The van der Waals surface area contributed by atoms with E-state index in [1.807, 2.05) is 12.1 Å². The van der Waals surface area contributed by atoms with Gasteiger partial charge in [-0.05, 0) is 25.0 Å². The number of hydrogen-bond donors (Lipinski definition) is 4. The monoisotopic (exact) mass is 236 g/mol. The minimum absolute atomic E-state index is 0.148. The number of pyridine rings is 1. The number of hydrazine groups is 1. The first-order valence-corrected chi connectivity index (χ1v) is 6.11. The Kier molecular flexibility index (Phi) is 3.81. The molecule has 1 heterocycles. The fraction of sp³-hybridized carbons (Fsp3) is 0.583. The summed E-state index contributed by atoms with van der Waals surface area (Å²) in [4.78, 5) is 4.32. The molecule has 0 aliphatic heterocycles. The van der Waals surface area contributed by atoms with Gasteiger partial charge in [-0.25, -0.2) is 10.8 Å². The Balaban J connectivity index is 2.11. The third-order valence-corrected chi connectivity index (χ3v) is 3.40. The van der Waals surface area contributed by atoms with Crippen molar-refractivity contribution in [2.75, 3.05) is 17.3 Å². The number of aromatic nitrogens is 1. The second-order valence-corrected chi connectivity index (χ2v) is 4.68. The molecule has 0 bridgehead atoms. The van der Waals surface area contributed by atoms with Gasteiger partial charge in [-0.3, -0.25) is 0 Å². The van der Waals surface area contributed by atoms with Crippen molar-refractivity contribution in [3.63, 3.8) is 0 Å². The molecule has 0 unspecified atom stereocenters. The molecule has 5 nitrogen and oxygen atoms in total. The lowest BCUT2D eigenvalue weighted by molar-refractivity contribution is 0.172. The summed E-state index contributed by atoms with van der Waals surface area (Å²) in [5.74, 6) is 6.71. The van der Waals surface area contributed by atoms with Crippen LogP contribution in [-0.2, 0) is 0 Å². The number of nitrogens with one attached hydrogen (secondary N) is 2. The van der Waals surface area contributed by atoms with Crippen LogP contribution in [0.15, 0.2) is 18.2 Å². The van der Waals surface area contributed by atoms with Crippen LogP contribution in [0.5, 0.6) is 0 Å². The predicted octanol–water partition coefficient (Wildman–Crippen LogP) is 1.47. The maximum absolute atomic E-state index is 9.60. The molecule has 1 aromatic heterocycles. The van der Waals surface area contributed by atoms with Gasteiger partial charge in [0.2, 0.25) is 0 Å². The van der Waals surface area contributed by atoms with Crippen molar-refractivity contribution in [1.82, 2.24) is 4.98 Å². The Morgan fingerprint density at radius 2 is 1.94 bits per heavy atom. The zero-order valence-electron chi connectivity index (χ0n) is 9.95. The second-order valence-electron chi connectivity index (χ2n) is 4.68. The number of anilines is 2. The van der Waals surface area contributed by atoms with E-state index in [2.05, 4.69) is 15.7 Å². The zero-order valence-corrected chi connectivity index (χ0v) is 9.95. The average Bonchev–Trinajstić information content (AvgIpc) is 2.40. The van der Waals surface area contributed by atoms with Crippen LogP contribution >= 0.6 is 0 Å². The van der Waals surface area contributed by atoms with Gasteiger partial charge in [-0.2, -0.15) is 0 Å². The highest BCUT2D eigenvalue weighted by Crippen LogP contribution is 2.30. The lowest BCUT2D eigenvalue weighted by Gasteiger charge is -2.37. The highest BCUT2D eigenvalue weighted by molar-refractivity contribution is 5.46. The molecule has 94 valence electrons. The van der Waals surface area contributed by atoms with Gasteiger partial charge in [-0.1, -0.05) is 25.3 Å². The number of aliphatic hydroxyl groups is 1. The lowest BCUT2D eigenvalue weighted by atomic mass is 9.82. The largest absolute Gasteiger partial charge is 0.394 e. The maximum atomic E-state index is 9.60. The van der Waals surface area contributed by atoms with E-state index in [9.17, 15) is 5.11 Å². The number of nitrogens with zero attached hydrogens (tertiary/aromatic N) is 1. The molecule has 1 aliphatic rings. The van der Waals surface area contributed by atoms with Gasteiger partial charge >= 0.3 is 0 Å². The normalized spacial score (nSPS) is 18.7. The third kappa shape index (κ3) is 2.87. The fourth-order valence-corrected chi connectivity index (χ4v) is 2.41. The Labute approximate surface area is 101 Å². The number of nitrogen functional groups attached to an aromatic ring is 1. The van der Waals surface area contributed by atoms with E-state index in [1.54, 1.807) is 6.07 Å². The summed E-state index contributed by atoms with van der Waals surface area (Å²) in [6, 6.07) is 5.59. The van der Waals surface area contributed by atoms with Gasteiger partial charge in [-0.15, -0.1) is 0 Å². The molecule has 17 heavy (non-hydrogen) atoms. The number of nitrogens with two attached hydrogens (primary N) is 1. The van der Waals surface area contributed by atoms with Crippen molar-refractivity contribution < 1.29 is 5.11 Å². The third-order valence-electron chi connectivity index (χ3n) is 3.40. The molecule has 1 saturated carbocycles. The molecule has 5 heteroatoms. The van der Waals surface area contributed by atoms with E-state index in [4.69, 9.17) is 5.84 Å². The summed E-state index contributed by atoms with van der Waals surface area (Å²) < 4.78 is 0. The van der Waals surface area contributed by atoms with E-state index in [1.165, 1.54) is 6.42 Å². The maximum Gasteiger partial charge on any atom is 0.142 e. The smallest absolute Gasteiger partial charge is 0.142 e. The molecule has 0 radical (unpaired) electrons. The molecule has 0 spiro atoms. The first-order valence-electron chi connectivity index (χ1n) is 6.11. The number of hydrogen-bond acceptors (Lipinski definition) is 5. The van der Waals surface area contributed by atoms with Crippen LogP contribution in [0, 0.1) is 0 Å². The summed E-state index contributed by atoms with van der Waals surface area (Å²) in [6.07, 6.45) is 5.54. The molecule has 0 atom stereocenters. The Morgan fingerprint density at radius 3 is 2.59 bits per heavy atom. The minimum atomic E-state index is -0.210. The molecule has 0 amide bonds. The standard InChI is InChI=1S/C12H20N4O/c13-16-11-6-4-5-10(14-11)15-12(9-17)7-2-1-3-8-12/h4-6,17H,1-3,7-9,13H2,(H2,14,15,16). The van der Waals surface area contributed by atoms with Crippen molar-refractivity contribution in [1.29, 1.82) is 0 Å². The van der Waals surface area contributed by atoms with Crippen LogP contribution in [0.25, 0.3) is 0 Å². The van der Waals surface area contributed by atoms with Crippen LogP contribution in [0.2, 0.25) is 0 Å². The predicted molar refractivity (Wildman–Crippen MR) is 68.6 cm³/mol. The summed E-state index contributed by atoms with van der Waals surface area (Å²) in [7, 11) is 0. The van der Waals surface area contributed by atoms with E-state index in [0.717, 1.165) is 31.5 Å². The van der Waals surface area contributed by atoms with Gasteiger partial charge in [0.05, 0.1) is 12.1 Å². The van der Waals surface area contributed by atoms with Crippen LogP contribution in [0.3, 0.4) is 0 Å². The summed E-state index contributed by atoms with van der Waals surface area (Å²) in [6.45, 7) is 0.148. The van der Waals surface area contributed by atoms with Crippen molar-refractivity contribution in [3.8, 4) is 0 Å². The topological polar surface area (TPSA) is 83.2 Å². The van der Waals surface area contributed by atoms with E-state index in [0.29, 0.717) is 5.82 Å². The van der Waals surface area contributed by atoms with Crippen LogP contribution in [-0.4, -0.2) is 22.2 Å². The molecular formula is C12H20N4O. The van der Waals surface area contributed by atoms with Crippen molar-refractivity contribution >= 4 is 11.6 Å². The number of rotatable bonds is 4. The summed E-state index contributed by atoms with van der Waals surface area (Å²) in [5.41, 5.74) is 2.31. The molecular weight excluding hydrogens is 216 g/mol. The average molecular weight is 236 g/mol. The van der Waals surface area contributed by atoms with E-state index in [-0.39, 0.29) is 12.1 Å². The number of aliphatic hydroxyl groups excluding tert-OH is 1. The van der Waals surface area contributed by atoms with Gasteiger partial charge < -0.3 is 15.8 Å². The van der Waals surface area contributed by atoms with Crippen molar-refractivity contribution in [2.45, 2.75) is 37.6 Å². The summed E-state index contributed by atoms with van der Waals surface area (Å²) in [5, 5.41) is 13.0. The second kappa shape index (κ2) is 5.33. The molecule has 1 aromatic rings. The van der Waals surface area contributed by atoms with Crippen molar-refractivity contribution in [2.24, 2.45) is 5.84 Å². The molecule has 5 N–H and O–H groups in total. The molecule has 0 saturated heterocycles. The molecule has 1 fully saturated rings. The zero-order chi connectivity index (χ0) is 12.1. The summed E-state index contributed by atoms with van der Waals surface area (Å²) >= 11 is 0. The minimum Gasteiger partial charge on any atom is -0.394 e. The SMILES string of the molecule is NNc1cccc(NC2(CO)CCCCC2)n1. The quantitative estimate of drug-likeness (QED) is 0.470. The van der Waals surface area contributed by atoms with Crippen LogP contribution in [0.1, 0.15) is 32.1 Å². The molecule has 1 aliphatic carbocycles. The van der Waals surface area contributed by atoms with Gasteiger partial charge in [0.1, 0.15) is 11.6 Å². The Morgan fingerprint density at radius 1 is 1.24 bits per heavy atom. The van der Waals surface area contributed by atoms with E-state index >= 15 is 0 Å². The highest BCUT2D eigenvalue weighted by Gasteiger charge is 2.31. The highest BCUT2D eigenvalue weighted by atomic mass is 16.3. The lowest BCUT2D eigenvalue weighted by Crippen LogP contribution is -2.44. The van der Waals surface area contributed by atoms with Crippen LogP contribution < -0.4 is 16.6 Å². The Bertz CT molecular complexity index is 363. The van der Waals surface area contributed by atoms with E-state index < -0.39 is 0 Å². The van der Waals surface area contributed by atoms with Gasteiger partial charge in [0.25, 0.3) is 0 Å². The van der Waals surface area contributed by atoms with Crippen molar-refractivity contribution in [3.05, 3.63) is 18.2 Å². The molecule has 0 aromatic carbocycles. The van der Waals surface area contributed by atoms with Gasteiger partial charge in [0, 0.05) is 0 Å². The van der Waals surface area contributed by atoms with Crippen LogP contribution in [0.4, 0.5) is 11.6 Å². The Hall–Kier alpha value is -1.33. The molecule has 2 rings (SSSR count). The first-order chi connectivity index (χ1) is 8.28. The first kappa shape index (κ1) is 12.1. The van der Waals surface area contributed by atoms with Gasteiger partial charge in [0.15, 0.2) is 0 Å². The fourth-order valence-electron chi connectivity index (χ4n) is 2.41.